The first-order valence-corrected chi connectivity index (χ1v) is 8.99. The standard InChI is InChI=1S/C19H39N3O4/c1-16(2,3)25-14(23)21-18(7,8)13(20-11)19(9,10)22(12)15(24)26-17(4,5)6/h13,20H,1-12H3,(H,21,23). The molecule has 0 fully saturated rings. The molecule has 26 heavy (non-hydrogen) atoms. The lowest BCUT2D eigenvalue weighted by atomic mass is 9.80. The van der Waals surface area contributed by atoms with E-state index in [9.17, 15) is 9.59 Å². The summed E-state index contributed by atoms with van der Waals surface area (Å²) in [6.07, 6.45) is -0.922. The second kappa shape index (κ2) is 8.03. The van der Waals surface area contributed by atoms with Gasteiger partial charge in [0.25, 0.3) is 0 Å². The molecule has 0 radical (unpaired) electrons. The maximum absolute atomic E-state index is 12.5. The van der Waals surface area contributed by atoms with E-state index in [1.54, 1.807) is 19.0 Å². The van der Waals surface area contributed by atoms with E-state index in [2.05, 4.69) is 10.6 Å². The zero-order chi connectivity index (χ0) is 21.1. The molecule has 0 spiro atoms. The van der Waals surface area contributed by atoms with Crippen LogP contribution in [0.4, 0.5) is 9.59 Å². The van der Waals surface area contributed by atoms with Crippen molar-refractivity contribution in [2.45, 2.75) is 97.6 Å². The van der Waals surface area contributed by atoms with Gasteiger partial charge in [0, 0.05) is 7.05 Å². The van der Waals surface area contributed by atoms with E-state index in [4.69, 9.17) is 9.47 Å². The van der Waals surface area contributed by atoms with Crippen molar-refractivity contribution in [1.82, 2.24) is 15.5 Å². The third-order valence-corrected chi connectivity index (χ3v) is 4.07. The van der Waals surface area contributed by atoms with E-state index in [1.807, 2.05) is 69.2 Å². The minimum absolute atomic E-state index is 0.278. The van der Waals surface area contributed by atoms with Gasteiger partial charge in [-0.05, 0) is 76.3 Å². The Morgan fingerprint density at radius 3 is 1.62 bits per heavy atom. The van der Waals surface area contributed by atoms with Crippen LogP contribution in [-0.4, -0.2) is 59.5 Å². The largest absolute Gasteiger partial charge is 0.444 e. The van der Waals surface area contributed by atoms with Crippen molar-refractivity contribution in [3.8, 4) is 0 Å². The first-order chi connectivity index (χ1) is 11.3. The Bertz CT molecular complexity index is 502. The van der Waals surface area contributed by atoms with Crippen molar-refractivity contribution >= 4 is 12.2 Å². The van der Waals surface area contributed by atoms with Crippen LogP contribution in [0.1, 0.15) is 69.2 Å². The van der Waals surface area contributed by atoms with Gasteiger partial charge in [-0.25, -0.2) is 9.59 Å². The molecule has 2 N–H and O–H groups in total. The van der Waals surface area contributed by atoms with Gasteiger partial charge in [0.2, 0.25) is 0 Å². The molecule has 0 heterocycles. The highest BCUT2D eigenvalue weighted by Crippen LogP contribution is 2.27. The van der Waals surface area contributed by atoms with E-state index in [0.717, 1.165) is 0 Å². The van der Waals surface area contributed by atoms with Gasteiger partial charge in [0.05, 0.1) is 17.1 Å². The van der Waals surface area contributed by atoms with Gasteiger partial charge in [0.15, 0.2) is 0 Å². The summed E-state index contributed by atoms with van der Waals surface area (Å²) in [4.78, 5) is 26.3. The van der Waals surface area contributed by atoms with Gasteiger partial charge in [-0.3, -0.25) is 0 Å². The summed E-state index contributed by atoms with van der Waals surface area (Å²) < 4.78 is 10.9. The summed E-state index contributed by atoms with van der Waals surface area (Å²) in [5.41, 5.74) is -2.52. The summed E-state index contributed by atoms with van der Waals surface area (Å²) in [6, 6.07) is -0.278. The van der Waals surface area contributed by atoms with Crippen LogP contribution < -0.4 is 10.6 Å². The Labute approximate surface area is 159 Å². The van der Waals surface area contributed by atoms with Crippen molar-refractivity contribution in [3.05, 3.63) is 0 Å². The Morgan fingerprint density at radius 2 is 1.27 bits per heavy atom. The highest BCUT2D eigenvalue weighted by atomic mass is 16.6. The highest BCUT2D eigenvalue weighted by molar-refractivity contribution is 5.70. The third kappa shape index (κ3) is 7.40. The monoisotopic (exact) mass is 373 g/mol. The summed E-state index contributed by atoms with van der Waals surface area (Å²) in [5, 5.41) is 6.14. The molecule has 1 unspecified atom stereocenters. The van der Waals surface area contributed by atoms with E-state index in [1.165, 1.54) is 0 Å². The molecular weight excluding hydrogens is 334 g/mol. The summed E-state index contributed by atoms with van der Waals surface area (Å²) >= 11 is 0. The summed E-state index contributed by atoms with van der Waals surface area (Å²) in [7, 11) is 3.50. The Balaban J connectivity index is 5.43. The highest BCUT2D eigenvalue weighted by Gasteiger charge is 2.46. The number of hydrogen-bond acceptors (Lipinski definition) is 5. The Hall–Kier alpha value is -1.50. The lowest BCUT2D eigenvalue weighted by molar-refractivity contribution is -0.00397. The molecule has 7 nitrogen and oxygen atoms in total. The minimum atomic E-state index is -0.698. The number of carbonyl (C=O) groups excluding carboxylic acids is 2. The molecule has 0 aromatic carbocycles. The molecule has 0 aromatic rings. The van der Waals surface area contributed by atoms with Crippen LogP contribution in [0.3, 0.4) is 0 Å². The Kier molecular flexibility index (Phi) is 7.56. The number of likely N-dealkylation sites (N-methyl/N-ethyl adjacent to an activating group) is 2. The second-order valence-corrected chi connectivity index (χ2v) is 9.76. The van der Waals surface area contributed by atoms with E-state index >= 15 is 0 Å². The SMILES string of the molecule is CNC(C(C)(C)NC(=O)OC(C)(C)C)C(C)(C)N(C)C(=O)OC(C)(C)C. The van der Waals surface area contributed by atoms with Crippen molar-refractivity contribution in [3.63, 3.8) is 0 Å². The number of carbonyl (C=O) groups is 2. The number of alkyl carbamates (subject to hydrolysis) is 1. The maximum atomic E-state index is 12.5. The fourth-order valence-electron chi connectivity index (χ4n) is 3.00. The van der Waals surface area contributed by atoms with Crippen LogP contribution in [-0.2, 0) is 9.47 Å². The van der Waals surface area contributed by atoms with E-state index in [-0.39, 0.29) is 6.04 Å². The van der Waals surface area contributed by atoms with Gasteiger partial charge in [-0.15, -0.1) is 0 Å². The molecule has 0 saturated heterocycles. The van der Waals surface area contributed by atoms with Crippen LogP contribution in [0.15, 0.2) is 0 Å². The maximum Gasteiger partial charge on any atom is 0.410 e. The van der Waals surface area contributed by atoms with Crippen molar-refractivity contribution < 1.29 is 19.1 Å². The number of nitrogens with zero attached hydrogens (tertiary/aromatic N) is 1. The van der Waals surface area contributed by atoms with Gasteiger partial charge in [-0.2, -0.15) is 0 Å². The van der Waals surface area contributed by atoms with E-state index in [0.29, 0.717) is 0 Å². The first kappa shape index (κ1) is 24.5. The van der Waals surface area contributed by atoms with Crippen LogP contribution in [0.2, 0.25) is 0 Å². The molecule has 0 aliphatic rings. The molecule has 7 heteroatoms. The molecule has 0 bridgehead atoms. The number of ether oxygens (including phenoxy) is 2. The Morgan fingerprint density at radius 1 is 0.846 bits per heavy atom. The van der Waals surface area contributed by atoms with Crippen LogP contribution in [0, 0.1) is 0 Å². The predicted molar refractivity (Wildman–Crippen MR) is 104 cm³/mol. The predicted octanol–water partition coefficient (Wildman–Crippen LogP) is 3.52. The quantitative estimate of drug-likeness (QED) is 0.771. The van der Waals surface area contributed by atoms with Gasteiger partial charge < -0.3 is 25.0 Å². The second-order valence-electron chi connectivity index (χ2n) is 9.76. The number of hydrogen-bond donors (Lipinski definition) is 2. The number of rotatable bonds is 5. The average Bonchev–Trinajstić information content (AvgIpc) is 2.31. The summed E-state index contributed by atoms with van der Waals surface area (Å²) in [5.74, 6) is 0. The summed E-state index contributed by atoms with van der Waals surface area (Å²) in [6.45, 7) is 18.6. The fraction of sp³-hybridized carbons (Fsp3) is 0.895. The molecule has 1 atom stereocenters. The fourth-order valence-corrected chi connectivity index (χ4v) is 3.00. The topological polar surface area (TPSA) is 79.9 Å². The zero-order valence-electron chi connectivity index (χ0n) is 18.7. The van der Waals surface area contributed by atoms with Crippen LogP contribution >= 0.6 is 0 Å². The lowest BCUT2D eigenvalue weighted by Gasteiger charge is -2.48. The molecule has 154 valence electrons. The van der Waals surface area contributed by atoms with Gasteiger partial charge in [-0.1, -0.05) is 0 Å². The zero-order valence-corrected chi connectivity index (χ0v) is 18.7. The molecular formula is C19H39N3O4. The van der Waals surface area contributed by atoms with Crippen LogP contribution in [0.25, 0.3) is 0 Å². The van der Waals surface area contributed by atoms with Crippen molar-refractivity contribution in [1.29, 1.82) is 0 Å². The third-order valence-electron chi connectivity index (χ3n) is 4.07. The van der Waals surface area contributed by atoms with Gasteiger partial charge in [0.1, 0.15) is 11.2 Å². The first-order valence-electron chi connectivity index (χ1n) is 8.99. The van der Waals surface area contributed by atoms with Crippen molar-refractivity contribution in [2.75, 3.05) is 14.1 Å². The molecule has 2 amide bonds. The lowest BCUT2D eigenvalue weighted by Crippen LogP contribution is -2.69. The van der Waals surface area contributed by atoms with Crippen molar-refractivity contribution in [2.24, 2.45) is 0 Å². The van der Waals surface area contributed by atoms with Gasteiger partial charge >= 0.3 is 12.2 Å². The van der Waals surface area contributed by atoms with Crippen LogP contribution in [0.5, 0.6) is 0 Å². The molecule has 0 rings (SSSR count). The molecule has 0 aliphatic heterocycles. The van der Waals surface area contributed by atoms with E-state index < -0.39 is 34.5 Å². The molecule has 0 aliphatic carbocycles. The smallest absolute Gasteiger partial charge is 0.410 e. The normalized spacial score (nSPS) is 14.5. The molecule has 0 aromatic heterocycles. The average molecular weight is 374 g/mol. The minimum Gasteiger partial charge on any atom is -0.444 e. The number of nitrogens with one attached hydrogen (secondary N) is 2. The number of amides is 2. The molecule has 0 saturated carbocycles.